The van der Waals surface area contributed by atoms with Gasteiger partial charge < -0.3 is 19.9 Å². The van der Waals surface area contributed by atoms with Crippen molar-refractivity contribution in [2.75, 3.05) is 54.4 Å². The number of hydrogen-bond donors (Lipinski definition) is 1. The molecule has 2 saturated heterocycles. The number of hydrogen-bond acceptors (Lipinski definition) is 8. The molecule has 0 aromatic carbocycles. The van der Waals surface area contributed by atoms with Gasteiger partial charge in [0.2, 0.25) is 5.95 Å². The van der Waals surface area contributed by atoms with Crippen molar-refractivity contribution in [2.24, 2.45) is 0 Å². The molecular weight excluding hydrogens is 318 g/mol. The molecule has 8 heteroatoms. The largest absolute Gasteiger partial charge is 0.376 e. The number of anilines is 3. The molecule has 25 heavy (non-hydrogen) atoms. The van der Waals surface area contributed by atoms with Crippen LogP contribution in [-0.4, -0.2) is 65.6 Å². The lowest BCUT2D eigenvalue weighted by molar-refractivity contribution is 0.120. The van der Waals surface area contributed by atoms with E-state index < -0.39 is 0 Å². The monoisotopic (exact) mass is 341 g/mol. The second-order valence-corrected chi connectivity index (χ2v) is 6.32. The van der Waals surface area contributed by atoms with Crippen LogP contribution in [0.25, 0.3) is 0 Å². The highest BCUT2D eigenvalue weighted by Gasteiger charge is 2.20. The SMILES string of the molecule is c1ccc(N2CCN(c3cnnc(NCC4CCCO4)n3)CC2)nc1. The molecule has 2 fully saturated rings. The number of rotatable bonds is 5. The fourth-order valence-corrected chi connectivity index (χ4v) is 3.24. The molecule has 2 aliphatic rings. The first-order valence-corrected chi connectivity index (χ1v) is 8.84. The normalized spacial score (nSPS) is 20.7. The zero-order chi connectivity index (χ0) is 16.9. The lowest BCUT2D eigenvalue weighted by Crippen LogP contribution is -2.47. The van der Waals surface area contributed by atoms with Gasteiger partial charge in [-0.1, -0.05) is 6.07 Å². The molecule has 0 aliphatic carbocycles. The van der Waals surface area contributed by atoms with Crippen LogP contribution in [0, 0.1) is 0 Å². The van der Waals surface area contributed by atoms with E-state index in [1.807, 2.05) is 18.3 Å². The van der Waals surface area contributed by atoms with Crippen LogP contribution in [0.2, 0.25) is 0 Å². The maximum absolute atomic E-state index is 5.61. The third-order valence-electron chi connectivity index (χ3n) is 4.63. The van der Waals surface area contributed by atoms with Gasteiger partial charge in [-0.05, 0) is 25.0 Å². The van der Waals surface area contributed by atoms with E-state index in [1.165, 1.54) is 0 Å². The van der Waals surface area contributed by atoms with Gasteiger partial charge in [0.05, 0.1) is 12.3 Å². The highest BCUT2D eigenvalue weighted by Crippen LogP contribution is 2.18. The number of aromatic nitrogens is 4. The van der Waals surface area contributed by atoms with Crippen LogP contribution < -0.4 is 15.1 Å². The Morgan fingerprint density at radius 3 is 2.68 bits per heavy atom. The summed E-state index contributed by atoms with van der Waals surface area (Å²) in [5, 5.41) is 11.4. The summed E-state index contributed by atoms with van der Waals surface area (Å²) < 4.78 is 5.61. The van der Waals surface area contributed by atoms with Crippen LogP contribution in [-0.2, 0) is 4.74 Å². The minimum atomic E-state index is 0.258. The molecule has 2 aromatic heterocycles. The Labute approximate surface area is 147 Å². The summed E-state index contributed by atoms with van der Waals surface area (Å²) in [5.41, 5.74) is 0. The van der Waals surface area contributed by atoms with Crippen molar-refractivity contribution in [1.82, 2.24) is 20.2 Å². The molecule has 8 nitrogen and oxygen atoms in total. The van der Waals surface area contributed by atoms with Crippen LogP contribution in [0.4, 0.5) is 17.6 Å². The van der Waals surface area contributed by atoms with Gasteiger partial charge in [0.25, 0.3) is 0 Å². The van der Waals surface area contributed by atoms with Crippen LogP contribution in [0.15, 0.2) is 30.6 Å². The Balaban J connectivity index is 1.34. The molecule has 2 aliphatic heterocycles. The maximum Gasteiger partial charge on any atom is 0.244 e. The fourth-order valence-electron chi connectivity index (χ4n) is 3.24. The zero-order valence-corrected chi connectivity index (χ0v) is 14.2. The van der Waals surface area contributed by atoms with Gasteiger partial charge in [0, 0.05) is 45.5 Å². The third-order valence-corrected chi connectivity index (χ3v) is 4.63. The standard InChI is InChI=1S/C17H23N7O/c1-2-6-18-15(5-1)23-7-9-24(10-8-23)16-13-20-22-17(21-16)19-12-14-4-3-11-25-14/h1-2,5-6,13-14H,3-4,7-12H2,(H,19,21,22). The van der Waals surface area contributed by atoms with Crippen LogP contribution in [0.5, 0.6) is 0 Å². The Bertz CT molecular complexity index is 670. The summed E-state index contributed by atoms with van der Waals surface area (Å²) in [7, 11) is 0. The fraction of sp³-hybridized carbons (Fsp3) is 0.529. The highest BCUT2D eigenvalue weighted by atomic mass is 16.5. The molecule has 0 amide bonds. The number of nitrogens with one attached hydrogen (secondary N) is 1. The van der Waals surface area contributed by atoms with E-state index in [1.54, 1.807) is 6.20 Å². The molecule has 0 saturated carbocycles. The second-order valence-electron chi connectivity index (χ2n) is 6.32. The van der Waals surface area contributed by atoms with Crippen LogP contribution >= 0.6 is 0 Å². The van der Waals surface area contributed by atoms with Gasteiger partial charge in [-0.25, -0.2) is 4.98 Å². The van der Waals surface area contributed by atoms with Crippen molar-refractivity contribution >= 4 is 17.6 Å². The molecule has 1 unspecified atom stereocenters. The first-order valence-electron chi connectivity index (χ1n) is 8.84. The minimum Gasteiger partial charge on any atom is -0.376 e. The molecule has 2 aromatic rings. The van der Waals surface area contributed by atoms with Crippen molar-refractivity contribution < 1.29 is 4.74 Å². The summed E-state index contributed by atoms with van der Waals surface area (Å²) in [6.07, 6.45) is 6.05. The topological polar surface area (TPSA) is 79.3 Å². The van der Waals surface area contributed by atoms with E-state index in [-0.39, 0.29) is 6.10 Å². The van der Waals surface area contributed by atoms with Crippen molar-refractivity contribution in [3.05, 3.63) is 30.6 Å². The Hall–Kier alpha value is -2.48. The molecular formula is C17H23N7O. The Morgan fingerprint density at radius 1 is 1.12 bits per heavy atom. The molecule has 1 atom stereocenters. The number of piperazine rings is 1. The van der Waals surface area contributed by atoms with E-state index in [2.05, 4.69) is 41.3 Å². The van der Waals surface area contributed by atoms with E-state index in [4.69, 9.17) is 4.74 Å². The molecule has 0 radical (unpaired) electrons. The molecule has 4 heterocycles. The van der Waals surface area contributed by atoms with E-state index in [9.17, 15) is 0 Å². The Morgan fingerprint density at radius 2 is 1.96 bits per heavy atom. The summed E-state index contributed by atoms with van der Waals surface area (Å²) in [6.45, 7) is 5.20. The summed E-state index contributed by atoms with van der Waals surface area (Å²) in [5.74, 6) is 2.47. The van der Waals surface area contributed by atoms with E-state index in [0.717, 1.165) is 63.8 Å². The molecule has 0 spiro atoms. The van der Waals surface area contributed by atoms with E-state index in [0.29, 0.717) is 5.95 Å². The average molecular weight is 341 g/mol. The number of ether oxygens (including phenoxy) is 1. The zero-order valence-electron chi connectivity index (χ0n) is 14.2. The van der Waals surface area contributed by atoms with Crippen molar-refractivity contribution in [3.8, 4) is 0 Å². The smallest absolute Gasteiger partial charge is 0.244 e. The average Bonchev–Trinajstić information content (AvgIpc) is 3.21. The van der Waals surface area contributed by atoms with Crippen molar-refractivity contribution in [2.45, 2.75) is 18.9 Å². The lowest BCUT2D eigenvalue weighted by Gasteiger charge is -2.35. The summed E-state index contributed by atoms with van der Waals surface area (Å²) >= 11 is 0. The third kappa shape index (κ3) is 3.96. The molecule has 1 N–H and O–H groups in total. The van der Waals surface area contributed by atoms with Gasteiger partial charge in [-0.2, -0.15) is 10.1 Å². The van der Waals surface area contributed by atoms with Gasteiger partial charge in [0.15, 0.2) is 5.82 Å². The van der Waals surface area contributed by atoms with Crippen LogP contribution in [0.3, 0.4) is 0 Å². The van der Waals surface area contributed by atoms with Gasteiger partial charge >= 0.3 is 0 Å². The van der Waals surface area contributed by atoms with Crippen molar-refractivity contribution in [3.63, 3.8) is 0 Å². The quantitative estimate of drug-likeness (QED) is 0.869. The van der Waals surface area contributed by atoms with Crippen molar-refractivity contribution in [1.29, 1.82) is 0 Å². The highest BCUT2D eigenvalue weighted by molar-refractivity contribution is 5.45. The van der Waals surface area contributed by atoms with Gasteiger partial charge in [0.1, 0.15) is 5.82 Å². The predicted octanol–water partition coefficient (Wildman–Crippen LogP) is 1.18. The first kappa shape index (κ1) is 16.0. The second kappa shape index (κ2) is 7.60. The lowest BCUT2D eigenvalue weighted by atomic mass is 10.2. The van der Waals surface area contributed by atoms with Gasteiger partial charge in [-0.3, -0.25) is 0 Å². The number of pyridine rings is 1. The number of nitrogens with zero attached hydrogens (tertiary/aromatic N) is 6. The Kier molecular flexibility index (Phi) is 4.87. The summed E-state index contributed by atoms with van der Waals surface area (Å²) in [6, 6.07) is 6.02. The molecule has 0 bridgehead atoms. The first-order chi connectivity index (χ1) is 12.4. The molecule has 4 rings (SSSR count). The maximum atomic E-state index is 5.61. The van der Waals surface area contributed by atoms with Crippen LogP contribution in [0.1, 0.15) is 12.8 Å². The molecule has 132 valence electrons. The summed E-state index contributed by atoms with van der Waals surface area (Å²) in [4.78, 5) is 13.6. The van der Waals surface area contributed by atoms with Gasteiger partial charge in [-0.15, -0.1) is 5.10 Å². The van der Waals surface area contributed by atoms with E-state index >= 15 is 0 Å². The minimum absolute atomic E-state index is 0.258. The predicted molar refractivity (Wildman–Crippen MR) is 96.0 cm³/mol.